The first-order valence-corrected chi connectivity index (χ1v) is 11.1. The average Bonchev–Trinajstić information content (AvgIpc) is 2.83. The molecule has 7 nitrogen and oxygen atoms in total. The molecule has 1 aliphatic heterocycles. The Kier molecular flexibility index (Phi) is 7.04. The summed E-state index contributed by atoms with van der Waals surface area (Å²) in [5.74, 6) is 1.35. The number of halogens is 1. The van der Waals surface area contributed by atoms with Crippen LogP contribution in [0.2, 0.25) is 5.02 Å². The molecule has 3 aromatic rings. The van der Waals surface area contributed by atoms with Crippen LogP contribution in [0.5, 0.6) is 11.6 Å². The fourth-order valence-corrected chi connectivity index (χ4v) is 4.30. The van der Waals surface area contributed by atoms with Gasteiger partial charge in [0.05, 0.1) is 29.1 Å². The van der Waals surface area contributed by atoms with Crippen molar-refractivity contribution in [2.75, 3.05) is 18.0 Å². The Morgan fingerprint density at radius 3 is 2.73 bits per heavy atom. The van der Waals surface area contributed by atoms with Crippen LogP contribution >= 0.6 is 11.6 Å². The molecule has 0 radical (unpaired) electrons. The molecule has 4 rings (SSSR count). The Morgan fingerprint density at radius 1 is 1.18 bits per heavy atom. The number of nitrogens with zero attached hydrogens (tertiary/aromatic N) is 5. The second-order valence-electron chi connectivity index (χ2n) is 7.87. The summed E-state index contributed by atoms with van der Waals surface area (Å²) in [4.78, 5) is 11.4. The van der Waals surface area contributed by atoms with E-state index in [1.54, 1.807) is 24.4 Å². The third-order valence-corrected chi connectivity index (χ3v) is 5.82. The quantitative estimate of drug-likeness (QED) is 0.551. The van der Waals surface area contributed by atoms with Crippen LogP contribution in [-0.4, -0.2) is 29.1 Å². The van der Waals surface area contributed by atoms with Gasteiger partial charge in [0, 0.05) is 24.0 Å². The van der Waals surface area contributed by atoms with Gasteiger partial charge in [-0.05, 0) is 68.2 Å². The van der Waals surface area contributed by atoms with Crippen LogP contribution in [0.15, 0.2) is 48.7 Å². The Morgan fingerprint density at radius 2 is 2.00 bits per heavy atom. The number of nitriles is 2. The highest BCUT2D eigenvalue weighted by Gasteiger charge is 2.25. The summed E-state index contributed by atoms with van der Waals surface area (Å²) >= 11 is 6.37. The first-order chi connectivity index (χ1) is 16.1. The van der Waals surface area contributed by atoms with E-state index in [-0.39, 0.29) is 6.04 Å². The van der Waals surface area contributed by atoms with E-state index in [4.69, 9.17) is 31.8 Å². The molecular weight excluding hydrogens is 436 g/mol. The minimum Gasteiger partial charge on any atom is -0.437 e. The number of hydrogen-bond acceptors (Lipinski definition) is 7. The second kappa shape index (κ2) is 10.3. The van der Waals surface area contributed by atoms with E-state index in [0.29, 0.717) is 34.6 Å². The van der Waals surface area contributed by atoms with Crippen molar-refractivity contribution in [2.24, 2.45) is 0 Å². The van der Waals surface area contributed by atoms with Crippen LogP contribution in [0, 0.1) is 29.6 Å². The van der Waals surface area contributed by atoms with Crippen molar-refractivity contribution in [3.63, 3.8) is 0 Å². The summed E-state index contributed by atoms with van der Waals surface area (Å²) in [6, 6.07) is 17.4. The molecule has 33 heavy (non-hydrogen) atoms. The predicted octanol–water partition coefficient (Wildman–Crippen LogP) is 5.06. The van der Waals surface area contributed by atoms with Crippen molar-refractivity contribution in [2.45, 2.75) is 32.2 Å². The second-order valence-corrected chi connectivity index (χ2v) is 8.28. The molecule has 0 saturated carbocycles. The van der Waals surface area contributed by atoms with Gasteiger partial charge in [-0.25, -0.2) is 4.98 Å². The first-order valence-electron chi connectivity index (χ1n) is 10.8. The van der Waals surface area contributed by atoms with E-state index in [1.165, 1.54) is 0 Å². The number of hydrogen-bond donors (Lipinski definition) is 1. The smallest absolute Gasteiger partial charge is 0.233 e. The Bertz CT molecular complexity index is 1200. The molecule has 1 aliphatic rings. The highest BCUT2D eigenvalue weighted by atomic mass is 35.5. The van der Waals surface area contributed by atoms with Crippen LogP contribution < -0.4 is 15.0 Å². The number of anilines is 2. The lowest BCUT2D eigenvalue weighted by Crippen LogP contribution is -2.41. The van der Waals surface area contributed by atoms with E-state index in [9.17, 15) is 0 Å². The standard InChI is InChI=1S/C25H23ClN6O/c1-17-13-19(16-28)15-22(26)24(17)33-23-8-12-30-25(31-23)32(20-6-10-29-11-7-20)21-4-2-3-18(14-21)5-9-27/h2-4,8,12-15,20,29H,5-7,10-11H2,1H3. The number of aromatic nitrogens is 2. The summed E-state index contributed by atoms with van der Waals surface area (Å²) in [6.45, 7) is 3.66. The maximum atomic E-state index is 9.15. The normalized spacial score (nSPS) is 13.7. The van der Waals surface area contributed by atoms with Gasteiger partial charge in [0.15, 0.2) is 5.75 Å². The lowest BCUT2D eigenvalue weighted by molar-refractivity contribution is 0.440. The van der Waals surface area contributed by atoms with Crippen molar-refractivity contribution in [3.8, 4) is 23.8 Å². The van der Waals surface area contributed by atoms with Crippen LogP contribution in [-0.2, 0) is 6.42 Å². The Labute approximate surface area is 198 Å². The molecule has 1 fully saturated rings. The van der Waals surface area contributed by atoms with Gasteiger partial charge < -0.3 is 15.0 Å². The molecule has 2 aromatic carbocycles. The molecule has 1 aromatic heterocycles. The van der Waals surface area contributed by atoms with Gasteiger partial charge in [0.25, 0.3) is 0 Å². The average molecular weight is 459 g/mol. The summed E-state index contributed by atoms with van der Waals surface area (Å²) in [5.41, 5.74) is 3.11. The summed E-state index contributed by atoms with van der Waals surface area (Å²) in [5, 5.41) is 22.0. The minimum atomic E-state index is 0.207. The minimum absolute atomic E-state index is 0.207. The van der Waals surface area contributed by atoms with E-state index in [2.05, 4.69) is 27.3 Å². The van der Waals surface area contributed by atoms with Crippen LogP contribution in [0.25, 0.3) is 0 Å². The third-order valence-electron chi connectivity index (χ3n) is 5.54. The number of benzene rings is 2. The number of piperidine rings is 1. The monoisotopic (exact) mass is 458 g/mol. The van der Waals surface area contributed by atoms with Crippen LogP contribution in [0.3, 0.4) is 0 Å². The zero-order valence-corrected chi connectivity index (χ0v) is 19.0. The highest BCUT2D eigenvalue weighted by Crippen LogP contribution is 2.35. The van der Waals surface area contributed by atoms with E-state index in [1.807, 2.05) is 31.2 Å². The number of aryl methyl sites for hydroxylation is 1. The molecule has 1 N–H and O–H groups in total. The van der Waals surface area contributed by atoms with Crippen LogP contribution in [0.4, 0.5) is 11.6 Å². The molecule has 0 atom stereocenters. The molecular formula is C25H23ClN6O. The van der Waals surface area contributed by atoms with Crippen molar-refractivity contribution < 1.29 is 4.74 Å². The third kappa shape index (κ3) is 5.23. The predicted molar refractivity (Wildman–Crippen MR) is 127 cm³/mol. The van der Waals surface area contributed by atoms with Crippen molar-refractivity contribution in [3.05, 3.63) is 70.4 Å². The Hall–Kier alpha value is -3.65. The van der Waals surface area contributed by atoms with Gasteiger partial charge in [-0.3, -0.25) is 0 Å². The van der Waals surface area contributed by atoms with Gasteiger partial charge in [-0.15, -0.1) is 0 Å². The maximum Gasteiger partial charge on any atom is 0.233 e. The SMILES string of the molecule is Cc1cc(C#N)cc(Cl)c1Oc1ccnc(N(c2cccc(CC#N)c2)C2CCNCC2)n1. The van der Waals surface area contributed by atoms with E-state index in [0.717, 1.165) is 42.7 Å². The zero-order chi connectivity index (χ0) is 23.2. The van der Waals surface area contributed by atoms with Crippen molar-refractivity contribution in [1.82, 2.24) is 15.3 Å². The largest absolute Gasteiger partial charge is 0.437 e. The van der Waals surface area contributed by atoms with Gasteiger partial charge in [-0.1, -0.05) is 23.7 Å². The molecule has 0 aliphatic carbocycles. The summed E-state index contributed by atoms with van der Waals surface area (Å²) < 4.78 is 6.04. The van der Waals surface area contributed by atoms with Crippen LogP contribution in [0.1, 0.15) is 29.5 Å². The molecule has 0 amide bonds. The van der Waals surface area contributed by atoms with Gasteiger partial charge >= 0.3 is 0 Å². The zero-order valence-electron chi connectivity index (χ0n) is 18.3. The summed E-state index contributed by atoms with van der Waals surface area (Å²) in [6.07, 6.45) is 3.89. The molecule has 8 heteroatoms. The molecule has 0 unspecified atom stereocenters. The van der Waals surface area contributed by atoms with Gasteiger partial charge in [0.2, 0.25) is 11.8 Å². The number of rotatable bonds is 6. The number of ether oxygens (including phenoxy) is 1. The van der Waals surface area contributed by atoms with Crippen molar-refractivity contribution >= 4 is 23.2 Å². The molecule has 2 heterocycles. The molecule has 1 saturated heterocycles. The Balaban J connectivity index is 1.71. The van der Waals surface area contributed by atoms with E-state index < -0.39 is 0 Å². The molecule has 166 valence electrons. The molecule has 0 bridgehead atoms. The van der Waals surface area contributed by atoms with E-state index >= 15 is 0 Å². The number of nitrogens with one attached hydrogen (secondary N) is 1. The van der Waals surface area contributed by atoms with Gasteiger partial charge in [-0.2, -0.15) is 15.5 Å². The lowest BCUT2D eigenvalue weighted by Gasteiger charge is -2.35. The topological polar surface area (TPSA) is 97.9 Å². The fourth-order valence-electron chi connectivity index (χ4n) is 4.00. The summed E-state index contributed by atoms with van der Waals surface area (Å²) in [7, 11) is 0. The highest BCUT2D eigenvalue weighted by molar-refractivity contribution is 6.32. The van der Waals surface area contributed by atoms with Gasteiger partial charge in [0.1, 0.15) is 0 Å². The van der Waals surface area contributed by atoms with Crippen molar-refractivity contribution in [1.29, 1.82) is 10.5 Å². The first kappa shape index (κ1) is 22.5. The fraction of sp³-hybridized carbons (Fsp3) is 0.280. The molecule has 0 spiro atoms. The maximum absolute atomic E-state index is 9.15. The lowest BCUT2D eigenvalue weighted by atomic mass is 10.0.